The van der Waals surface area contributed by atoms with Gasteiger partial charge in [0.25, 0.3) is 0 Å². The van der Waals surface area contributed by atoms with E-state index in [0.717, 1.165) is 5.70 Å². The molecule has 0 aromatic heterocycles. The van der Waals surface area contributed by atoms with E-state index in [-0.39, 0.29) is 17.7 Å². The molecule has 6 nitrogen and oxygen atoms in total. The van der Waals surface area contributed by atoms with Gasteiger partial charge in [-0.15, -0.1) is 0 Å². The molecule has 1 amide bonds. The highest BCUT2D eigenvalue weighted by Crippen LogP contribution is 2.32. The first-order valence-corrected chi connectivity index (χ1v) is 5.74. The molecule has 0 unspecified atom stereocenters. The van der Waals surface area contributed by atoms with Crippen molar-refractivity contribution in [2.24, 2.45) is 5.41 Å². The molecular formula is C12H18N2O4. The fourth-order valence-electron chi connectivity index (χ4n) is 1.89. The summed E-state index contributed by atoms with van der Waals surface area (Å²) >= 11 is 0. The minimum Gasteiger partial charge on any atom is -0.480 e. The predicted octanol–water partition coefficient (Wildman–Crippen LogP) is 0.0498. The molecule has 18 heavy (non-hydrogen) atoms. The molecule has 1 rings (SSSR count). The Kier molecular flexibility index (Phi) is 4.47. The highest BCUT2D eigenvalue weighted by Gasteiger charge is 2.27. The number of hydrogen-bond donors (Lipinski definition) is 3. The van der Waals surface area contributed by atoms with Crippen molar-refractivity contribution >= 4 is 17.7 Å². The largest absolute Gasteiger partial charge is 0.480 e. The highest BCUT2D eigenvalue weighted by atomic mass is 16.4. The van der Waals surface area contributed by atoms with Gasteiger partial charge in [0.2, 0.25) is 5.91 Å². The Morgan fingerprint density at radius 3 is 2.56 bits per heavy atom. The van der Waals surface area contributed by atoms with Crippen LogP contribution in [0.5, 0.6) is 0 Å². The maximum atomic E-state index is 11.5. The van der Waals surface area contributed by atoms with Crippen LogP contribution in [0.2, 0.25) is 0 Å². The van der Waals surface area contributed by atoms with Crippen molar-refractivity contribution in [3.05, 3.63) is 11.8 Å². The van der Waals surface area contributed by atoms with Gasteiger partial charge in [-0.25, -0.2) is 0 Å². The van der Waals surface area contributed by atoms with Crippen LogP contribution in [0.15, 0.2) is 11.8 Å². The van der Waals surface area contributed by atoms with Crippen LogP contribution in [0.4, 0.5) is 0 Å². The number of nitrogens with one attached hydrogen (secondary N) is 2. The van der Waals surface area contributed by atoms with Crippen LogP contribution in [0.3, 0.4) is 0 Å². The molecular weight excluding hydrogens is 236 g/mol. The number of allylic oxidation sites excluding steroid dienone is 2. The number of carboxylic acids is 1. The quantitative estimate of drug-likeness (QED) is 0.644. The van der Waals surface area contributed by atoms with Crippen LogP contribution in [-0.2, 0) is 14.4 Å². The average molecular weight is 254 g/mol. The maximum Gasteiger partial charge on any atom is 0.322 e. The number of carboxylic acid groups (broad SMARTS) is 1. The third kappa shape index (κ3) is 4.99. The van der Waals surface area contributed by atoms with E-state index in [1.807, 2.05) is 13.8 Å². The molecule has 0 radical (unpaired) electrons. The van der Waals surface area contributed by atoms with Crippen molar-refractivity contribution < 1.29 is 19.5 Å². The van der Waals surface area contributed by atoms with Crippen LogP contribution in [0.25, 0.3) is 0 Å². The second-order valence-corrected chi connectivity index (χ2v) is 5.18. The van der Waals surface area contributed by atoms with E-state index in [4.69, 9.17) is 5.11 Å². The lowest BCUT2D eigenvalue weighted by Gasteiger charge is -2.29. The molecule has 0 spiro atoms. The molecule has 0 saturated heterocycles. The first kappa shape index (κ1) is 14.2. The van der Waals surface area contributed by atoms with E-state index in [1.165, 1.54) is 6.08 Å². The summed E-state index contributed by atoms with van der Waals surface area (Å²) in [7, 11) is 0. The van der Waals surface area contributed by atoms with E-state index >= 15 is 0 Å². The van der Waals surface area contributed by atoms with Crippen LogP contribution in [0, 0.1) is 5.41 Å². The number of aliphatic carboxylic acids is 1. The smallest absolute Gasteiger partial charge is 0.322 e. The van der Waals surface area contributed by atoms with Gasteiger partial charge in [0.15, 0.2) is 5.78 Å². The summed E-state index contributed by atoms with van der Waals surface area (Å²) in [5.41, 5.74) is 0.618. The summed E-state index contributed by atoms with van der Waals surface area (Å²) in [5.74, 6) is -1.45. The number of carbonyl (C=O) groups is 3. The minimum absolute atomic E-state index is 0.0253. The average Bonchev–Trinajstić information content (AvgIpc) is 2.20. The van der Waals surface area contributed by atoms with E-state index in [2.05, 4.69) is 10.6 Å². The lowest BCUT2D eigenvalue weighted by Crippen LogP contribution is -2.38. The van der Waals surface area contributed by atoms with Gasteiger partial charge in [0.05, 0.1) is 6.54 Å². The summed E-state index contributed by atoms with van der Waals surface area (Å²) in [5, 5.41) is 13.5. The molecule has 0 heterocycles. The zero-order chi connectivity index (χ0) is 13.8. The van der Waals surface area contributed by atoms with Crippen molar-refractivity contribution in [2.75, 3.05) is 13.1 Å². The maximum absolute atomic E-state index is 11.5. The van der Waals surface area contributed by atoms with Gasteiger partial charge in [-0.05, 0) is 11.8 Å². The van der Waals surface area contributed by atoms with Crippen LogP contribution in [-0.4, -0.2) is 35.9 Å². The Morgan fingerprint density at radius 1 is 1.33 bits per heavy atom. The molecule has 0 saturated carbocycles. The molecule has 1 aliphatic carbocycles. The van der Waals surface area contributed by atoms with Crippen molar-refractivity contribution in [3.8, 4) is 0 Å². The number of ketones is 1. The zero-order valence-corrected chi connectivity index (χ0v) is 10.6. The Bertz CT molecular complexity index is 399. The number of hydrogen-bond acceptors (Lipinski definition) is 4. The van der Waals surface area contributed by atoms with E-state index in [0.29, 0.717) is 12.8 Å². The molecule has 0 bridgehead atoms. The molecule has 6 heteroatoms. The fraction of sp³-hybridized carbons (Fsp3) is 0.583. The Morgan fingerprint density at radius 2 is 2.00 bits per heavy atom. The van der Waals surface area contributed by atoms with Crippen LogP contribution >= 0.6 is 0 Å². The number of rotatable bonds is 5. The summed E-state index contributed by atoms with van der Waals surface area (Å²) in [4.78, 5) is 33.0. The highest BCUT2D eigenvalue weighted by molar-refractivity contribution is 5.92. The number of carbonyl (C=O) groups excluding carboxylic acids is 2. The lowest BCUT2D eigenvalue weighted by atomic mass is 9.79. The first-order chi connectivity index (χ1) is 8.28. The third-order valence-electron chi connectivity index (χ3n) is 2.57. The van der Waals surface area contributed by atoms with Gasteiger partial charge in [0.1, 0.15) is 6.54 Å². The van der Waals surface area contributed by atoms with Gasteiger partial charge in [-0.1, -0.05) is 13.8 Å². The second kappa shape index (κ2) is 5.66. The van der Waals surface area contributed by atoms with Crippen molar-refractivity contribution in [1.82, 2.24) is 10.6 Å². The van der Waals surface area contributed by atoms with Crippen molar-refractivity contribution in [3.63, 3.8) is 0 Å². The topological polar surface area (TPSA) is 95.5 Å². The van der Waals surface area contributed by atoms with E-state index < -0.39 is 18.4 Å². The van der Waals surface area contributed by atoms with Crippen LogP contribution in [0.1, 0.15) is 26.7 Å². The van der Waals surface area contributed by atoms with Gasteiger partial charge in [0, 0.05) is 18.2 Å². The summed E-state index contributed by atoms with van der Waals surface area (Å²) in [6.45, 7) is 3.56. The minimum atomic E-state index is -1.09. The lowest BCUT2D eigenvalue weighted by molar-refractivity contribution is -0.137. The molecule has 3 N–H and O–H groups in total. The van der Waals surface area contributed by atoms with E-state index in [1.54, 1.807) is 0 Å². The standard InChI is InChI=1S/C12H18N2O4/c1-12(2)4-8(3-9(15)5-12)13-6-10(16)14-7-11(17)18/h3,13H,4-7H2,1-2H3,(H,14,16)(H,17,18). The normalized spacial score (nSPS) is 17.9. The van der Waals surface area contributed by atoms with Crippen molar-refractivity contribution in [2.45, 2.75) is 26.7 Å². The Balaban J connectivity index is 2.41. The Labute approximate surface area is 105 Å². The Hall–Kier alpha value is -1.85. The molecule has 1 aliphatic rings. The molecule has 0 aromatic carbocycles. The van der Waals surface area contributed by atoms with Gasteiger partial charge < -0.3 is 15.7 Å². The molecule has 0 atom stereocenters. The molecule has 100 valence electrons. The molecule has 0 fully saturated rings. The second-order valence-electron chi connectivity index (χ2n) is 5.18. The summed E-state index contributed by atoms with van der Waals surface area (Å²) in [6.07, 6.45) is 2.71. The monoisotopic (exact) mass is 254 g/mol. The van der Waals surface area contributed by atoms with Gasteiger partial charge >= 0.3 is 5.97 Å². The number of amides is 1. The fourth-order valence-corrected chi connectivity index (χ4v) is 1.89. The molecule has 0 aliphatic heterocycles. The summed E-state index contributed by atoms with van der Waals surface area (Å²) < 4.78 is 0. The van der Waals surface area contributed by atoms with Crippen LogP contribution < -0.4 is 10.6 Å². The van der Waals surface area contributed by atoms with Gasteiger partial charge in [-0.3, -0.25) is 14.4 Å². The molecule has 0 aromatic rings. The predicted molar refractivity (Wildman–Crippen MR) is 64.8 cm³/mol. The van der Waals surface area contributed by atoms with Gasteiger partial charge in [-0.2, -0.15) is 0 Å². The van der Waals surface area contributed by atoms with E-state index in [9.17, 15) is 14.4 Å². The SMILES string of the molecule is CC1(C)CC(=O)C=C(NCC(=O)NCC(=O)O)C1. The third-order valence-corrected chi connectivity index (χ3v) is 2.57. The van der Waals surface area contributed by atoms with Crippen molar-refractivity contribution in [1.29, 1.82) is 0 Å². The first-order valence-electron chi connectivity index (χ1n) is 5.74. The zero-order valence-electron chi connectivity index (χ0n) is 10.6. The summed E-state index contributed by atoms with van der Waals surface area (Å²) in [6, 6.07) is 0.